The summed E-state index contributed by atoms with van der Waals surface area (Å²) in [6.07, 6.45) is 0.549. The molecule has 0 saturated carbocycles. The molecule has 154 valence electrons. The van der Waals surface area contributed by atoms with Crippen LogP contribution in [0.25, 0.3) is 0 Å². The van der Waals surface area contributed by atoms with Gasteiger partial charge in [0.1, 0.15) is 0 Å². The third kappa shape index (κ3) is 4.50. The maximum atomic E-state index is 13.0. The van der Waals surface area contributed by atoms with E-state index in [-0.39, 0.29) is 23.1 Å². The van der Waals surface area contributed by atoms with Crippen LogP contribution in [0.1, 0.15) is 31.4 Å². The van der Waals surface area contributed by atoms with E-state index in [9.17, 15) is 18.0 Å². The lowest BCUT2D eigenvalue weighted by molar-refractivity contribution is -0.130. The fourth-order valence-corrected chi connectivity index (χ4v) is 4.96. The Kier molecular flexibility index (Phi) is 6.07. The Morgan fingerprint density at radius 1 is 1.14 bits per heavy atom. The Bertz CT molecular complexity index is 1020. The summed E-state index contributed by atoms with van der Waals surface area (Å²) in [5, 5.41) is -0.836. The zero-order chi connectivity index (χ0) is 21.2. The summed E-state index contributed by atoms with van der Waals surface area (Å²) in [6, 6.07) is 14.4. The number of benzene rings is 2. The zero-order valence-corrected chi connectivity index (χ0v) is 17.8. The smallest absolute Gasteiger partial charge is 0.223 e. The number of hydrogen-bond donors (Lipinski definition) is 0. The van der Waals surface area contributed by atoms with Crippen molar-refractivity contribution in [3.8, 4) is 0 Å². The van der Waals surface area contributed by atoms with Gasteiger partial charge in [-0.3, -0.25) is 9.59 Å². The van der Waals surface area contributed by atoms with Crippen LogP contribution < -0.4 is 4.90 Å². The molecule has 0 radical (unpaired) electrons. The third-order valence-corrected chi connectivity index (χ3v) is 7.47. The Labute approximate surface area is 172 Å². The largest absolute Gasteiger partial charge is 0.341 e. The highest BCUT2D eigenvalue weighted by Crippen LogP contribution is 2.31. The quantitative estimate of drug-likeness (QED) is 0.729. The minimum Gasteiger partial charge on any atom is -0.341 e. The predicted molar refractivity (Wildman–Crippen MR) is 112 cm³/mol. The van der Waals surface area contributed by atoms with Crippen LogP contribution in [0.3, 0.4) is 0 Å². The number of carbonyl (C=O) groups excluding carboxylic acids is 2. The highest BCUT2D eigenvalue weighted by atomic mass is 32.2. The molecule has 0 unspecified atom stereocenters. The molecule has 3 rings (SSSR count). The lowest BCUT2D eigenvalue weighted by atomic mass is 10.2. The van der Waals surface area contributed by atoms with E-state index in [4.69, 9.17) is 0 Å². The van der Waals surface area contributed by atoms with Gasteiger partial charge in [0.15, 0.2) is 9.84 Å². The van der Waals surface area contributed by atoms with Crippen LogP contribution in [-0.4, -0.2) is 44.0 Å². The van der Waals surface area contributed by atoms with Gasteiger partial charge in [0, 0.05) is 39.2 Å². The minimum absolute atomic E-state index is 0.0558. The average Bonchev–Trinajstić information content (AvgIpc) is 3.12. The van der Waals surface area contributed by atoms with Crippen LogP contribution in [0.15, 0.2) is 53.4 Å². The highest BCUT2D eigenvalue weighted by molar-refractivity contribution is 7.92. The number of anilines is 1. The summed E-state index contributed by atoms with van der Waals surface area (Å²) in [7, 11) is -1.97. The van der Waals surface area contributed by atoms with Crippen LogP contribution in [0.4, 0.5) is 5.69 Å². The second-order valence-corrected chi connectivity index (χ2v) is 9.87. The SMILES string of the molecule is CC(=O)N1CCc2cc(S(=O)(=O)[C@@H](C)CC(=O)N(C)Cc3ccccc3)ccc21. The summed E-state index contributed by atoms with van der Waals surface area (Å²) >= 11 is 0. The van der Waals surface area contributed by atoms with Crippen molar-refractivity contribution in [2.75, 3.05) is 18.5 Å². The first-order valence-electron chi connectivity index (χ1n) is 9.63. The summed E-state index contributed by atoms with van der Waals surface area (Å²) in [5.41, 5.74) is 2.61. The number of nitrogens with zero attached hydrogens (tertiary/aromatic N) is 2. The number of hydrogen-bond acceptors (Lipinski definition) is 4. The maximum Gasteiger partial charge on any atom is 0.223 e. The van der Waals surface area contributed by atoms with Crippen LogP contribution in [0.5, 0.6) is 0 Å². The Morgan fingerprint density at radius 3 is 2.48 bits per heavy atom. The lowest BCUT2D eigenvalue weighted by Crippen LogP contribution is -2.31. The van der Waals surface area contributed by atoms with Crippen molar-refractivity contribution in [1.82, 2.24) is 4.90 Å². The van der Waals surface area contributed by atoms with Crippen molar-refractivity contribution in [2.45, 2.75) is 43.4 Å². The molecule has 2 amide bonds. The molecule has 0 fully saturated rings. The van der Waals surface area contributed by atoms with Crippen molar-refractivity contribution in [1.29, 1.82) is 0 Å². The van der Waals surface area contributed by atoms with Gasteiger partial charge in [-0.25, -0.2) is 8.42 Å². The topological polar surface area (TPSA) is 74.8 Å². The summed E-state index contributed by atoms with van der Waals surface area (Å²) in [4.78, 5) is 27.6. The zero-order valence-electron chi connectivity index (χ0n) is 17.0. The molecule has 1 atom stereocenters. The Hall–Kier alpha value is -2.67. The molecule has 0 spiro atoms. The standard InChI is InChI=1S/C22H26N2O4S/c1-16(13-22(26)23(3)15-18-7-5-4-6-8-18)29(27,28)20-9-10-21-19(14-20)11-12-24(21)17(2)25/h4-10,14,16H,11-13,15H2,1-3H3/t16-/m0/s1. The molecule has 1 heterocycles. The number of rotatable bonds is 6. The predicted octanol–water partition coefficient (Wildman–Crippen LogP) is 2.81. The number of sulfone groups is 1. The van der Waals surface area contributed by atoms with E-state index < -0.39 is 15.1 Å². The van der Waals surface area contributed by atoms with Gasteiger partial charge in [-0.2, -0.15) is 0 Å². The van der Waals surface area contributed by atoms with Gasteiger partial charge < -0.3 is 9.80 Å². The molecule has 0 N–H and O–H groups in total. The van der Waals surface area contributed by atoms with Crippen molar-refractivity contribution < 1.29 is 18.0 Å². The van der Waals surface area contributed by atoms with Crippen LogP contribution in [0, 0.1) is 0 Å². The van der Waals surface area contributed by atoms with Crippen LogP contribution in [0.2, 0.25) is 0 Å². The normalized spacial score (nSPS) is 14.4. The van der Waals surface area contributed by atoms with E-state index >= 15 is 0 Å². The van der Waals surface area contributed by atoms with E-state index in [1.54, 1.807) is 35.9 Å². The number of carbonyl (C=O) groups is 2. The third-order valence-electron chi connectivity index (χ3n) is 5.34. The van der Waals surface area contributed by atoms with Crippen molar-refractivity contribution in [2.24, 2.45) is 0 Å². The number of fused-ring (bicyclic) bond motifs is 1. The minimum atomic E-state index is -3.65. The second-order valence-electron chi connectivity index (χ2n) is 7.51. The molecule has 0 aromatic heterocycles. The first-order valence-corrected chi connectivity index (χ1v) is 11.2. The van der Waals surface area contributed by atoms with Gasteiger partial charge in [-0.05, 0) is 42.7 Å². The van der Waals surface area contributed by atoms with Gasteiger partial charge in [-0.1, -0.05) is 30.3 Å². The summed E-state index contributed by atoms with van der Waals surface area (Å²) < 4.78 is 26.0. The van der Waals surface area contributed by atoms with Gasteiger partial charge in [0.05, 0.1) is 10.1 Å². The first-order chi connectivity index (χ1) is 13.7. The Balaban J connectivity index is 1.71. The number of amides is 2. The lowest BCUT2D eigenvalue weighted by Gasteiger charge is -2.20. The van der Waals surface area contributed by atoms with Crippen molar-refractivity contribution in [3.63, 3.8) is 0 Å². The molecule has 6 nitrogen and oxygen atoms in total. The van der Waals surface area contributed by atoms with E-state index in [1.807, 2.05) is 30.3 Å². The van der Waals surface area contributed by atoms with E-state index in [1.165, 1.54) is 13.0 Å². The molecular weight excluding hydrogens is 388 g/mol. The molecule has 1 aliphatic heterocycles. The second kappa shape index (κ2) is 8.37. The highest BCUT2D eigenvalue weighted by Gasteiger charge is 2.29. The fourth-order valence-electron chi connectivity index (χ4n) is 3.57. The Morgan fingerprint density at radius 2 is 1.83 bits per heavy atom. The molecule has 0 aliphatic carbocycles. The summed E-state index contributed by atoms with van der Waals surface area (Å²) in [5.74, 6) is -0.270. The van der Waals surface area contributed by atoms with E-state index in [2.05, 4.69) is 0 Å². The molecule has 7 heteroatoms. The van der Waals surface area contributed by atoms with Gasteiger partial charge in [0.25, 0.3) is 0 Å². The van der Waals surface area contributed by atoms with E-state index in [0.29, 0.717) is 19.5 Å². The van der Waals surface area contributed by atoms with Crippen LogP contribution in [-0.2, 0) is 32.4 Å². The molecule has 2 aromatic carbocycles. The molecule has 0 bridgehead atoms. The van der Waals surface area contributed by atoms with E-state index in [0.717, 1.165) is 16.8 Å². The molecule has 1 aliphatic rings. The molecule has 0 saturated heterocycles. The first kappa shape index (κ1) is 21.0. The fraction of sp³-hybridized carbons (Fsp3) is 0.364. The average molecular weight is 415 g/mol. The molecule has 29 heavy (non-hydrogen) atoms. The van der Waals surface area contributed by atoms with Crippen molar-refractivity contribution >= 4 is 27.3 Å². The van der Waals surface area contributed by atoms with Crippen molar-refractivity contribution in [3.05, 3.63) is 59.7 Å². The van der Waals surface area contributed by atoms with Crippen LogP contribution >= 0.6 is 0 Å². The monoisotopic (exact) mass is 414 g/mol. The van der Waals surface area contributed by atoms with Gasteiger partial charge in [0.2, 0.25) is 11.8 Å². The van der Waals surface area contributed by atoms with Gasteiger partial charge in [-0.15, -0.1) is 0 Å². The maximum absolute atomic E-state index is 13.0. The van der Waals surface area contributed by atoms with Gasteiger partial charge >= 0.3 is 0 Å². The summed E-state index contributed by atoms with van der Waals surface area (Å²) in [6.45, 7) is 4.07. The molecular formula is C22H26N2O4S. The molecule has 2 aromatic rings.